The minimum Gasteiger partial charge on any atom is -0.473 e. The molecule has 130 valence electrons. The van der Waals surface area contributed by atoms with E-state index in [-0.39, 0.29) is 17.6 Å². The molecular formula is C18H20N4O3. The van der Waals surface area contributed by atoms with Gasteiger partial charge in [-0.3, -0.25) is 14.8 Å². The van der Waals surface area contributed by atoms with E-state index in [2.05, 4.69) is 15.0 Å². The third-order valence-electron chi connectivity index (χ3n) is 4.68. The Hall–Kier alpha value is -2.54. The molecule has 2 fully saturated rings. The normalized spacial score (nSPS) is 21.6. The van der Waals surface area contributed by atoms with Gasteiger partial charge in [-0.1, -0.05) is 0 Å². The number of likely N-dealkylation sites (tertiary alicyclic amines) is 1. The first-order chi connectivity index (χ1) is 12.1. The average Bonchev–Trinajstić information content (AvgIpc) is 2.61. The second kappa shape index (κ2) is 6.40. The molecular weight excluding hydrogens is 320 g/mol. The fourth-order valence-electron chi connectivity index (χ4n) is 3.39. The van der Waals surface area contributed by atoms with Crippen LogP contribution >= 0.6 is 0 Å². The lowest BCUT2D eigenvalue weighted by Crippen LogP contribution is -2.67. The maximum Gasteiger partial charge on any atom is 0.255 e. The van der Waals surface area contributed by atoms with Crippen molar-refractivity contribution in [2.45, 2.75) is 31.5 Å². The lowest BCUT2D eigenvalue weighted by Gasteiger charge is -2.52. The monoisotopic (exact) mass is 340 g/mol. The van der Waals surface area contributed by atoms with E-state index in [1.54, 1.807) is 29.7 Å². The van der Waals surface area contributed by atoms with E-state index < -0.39 is 0 Å². The lowest BCUT2D eigenvalue weighted by molar-refractivity contribution is -0.174. The third-order valence-corrected chi connectivity index (χ3v) is 4.68. The molecule has 4 heterocycles. The summed E-state index contributed by atoms with van der Waals surface area (Å²) in [5.41, 5.74) is 1.21. The summed E-state index contributed by atoms with van der Waals surface area (Å²) in [5.74, 6) is 0.529. The average molecular weight is 340 g/mol. The highest BCUT2D eigenvalue weighted by atomic mass is 16.5. The second-order valence-electron chi connectivity index (χ2n) is 6.66. The van der Waals surface area contributed by atoms with Crippen LogP contribution in [0.3, 0.4) is 0 Å². The molecule has 2 aromatic heterocycles. The van der Waals surface area contributed by atoms with Crippen LogP contribution in [-0.4, -0.2) is 57.2 Å². The first-order valence-corrected chi connectivity index (χ1v) is 8.42. The van der Waals surface area contributed by atoms with Crippen LogP contribution in [0.4, 0.5) is 0 Å². The van der Waals surface area contributed by atoms with Crippen LogP contribution in [0.25, 0.3) is 0 Å². The Balaban J connectivity index is 1.36. The van der Waals surface area contributed by atoms with Gasteiger partial charge in [0.25, 0.3) is 5.91 Å². The number of ether oxygens (including phenoxy) is 2. The predicted molar refractivity (Wildman–Crippen MR) is 89.2 cm³/mol. The van der Waals surface area contributed by atoms with Gasteiger partial charge in [0.1, 0.15) is 11.7 Å². The van der Waals surface area contributed by atoms with Crippen LogP contribution in [0.15, 0.2) is 36.9 Å². The number of nitrogens with zero attached hydrogens (tertiary/aromatic N) is 4. The van der Waals surface area contributed by atoms with E-state index in [9.17, 15) is 4.79 Å². The predicted octanol–water partition coefficient (Wildman–Crippen LogP) is 1.63. The number of rotatable bonds is 3. The SMILES string of the molecule is Cc1ccc(C(=O)N2CC3(CC(Oc4cnccn4)CCO3)C2)cn1. The number of carbonyl (C=O) groups excluding carboxylic acids is 1. The topological polar surface area (TPSA) is 77.4 Å². The van der Waals surface area contributed by atoms with Crippen molar-refractivity contribution in [2.75, 3.05) is 19.7 Å². The summed E-state index contributed by atoms with van der Waals surface area (Å²) in [7, 11) is 0. The Kier molecular flexibility index (Phi) is 4.09. The highest BCUT2D eigenvalue weighted by Gasteiger charge is 2.50. The van der Waals surface area contributed by atoms with E-state index in [4.69, 9.17) is 9.47 Å². The maximum atomic E-state index is 12.5. The summed E-state index contributed by atoms with van der Waals surface area (Å²) >= 11 is 0. The Morgan fingerprint density at radius 2 is 2.16 bits per heavy atom. The van der Waals surface area contributed by atoms with E-state index in [0.29, 0.717) is 31.1 Å². The first kappa shape index (κ1) is 16.0. The highest BCUT2D eigenvalue weighted by molar-refractivity contribution is 5.94. The van der Waals surface area contributed by atoms with Crippen LogP contribution in [0.2, 0.25) is 0 Å². The fraction of sp³-hybridized carbons (Fsp3) is 0.444. The van der Waals surface area contributed by atoms with Gasteiger partial charge in [0.2, 0.25) is 5.88 Å². The standard InChI is InChI=1S/C18H20N4O3/c1-13-2-3-14(9-21-13)17(23)22-11-18(12-22)8-15(4-7-24-18)25-16-10-19-5-6-20-16/h2-3,5-6,9-10,15H,4,7-8,11-12H2,1H3. The Morgan fingerprint density at radius 1 is 1.28 bits per heavy atom. The zero-order valence-electron chi connectivity index (χ0n) is 14.1. The van der Waals surface area contributed by atoms with E-state index in [1.165, 1.54) is 0 Å². The lowest BCUT2D eigenvalue weighted by atomic mass is 9.84. The summed E-state index contributed by atoms with van der Waals surface area (Å²) in [6, 6.07) is 3.67. The summed E-state index contributed by atoms with van der Waals surface area (Å²) in [5, 5.41) is 0. The van der Waals surface area contributed by atoms with E-state index in [1.807, 2.05) is 19.1 Å². The number of hydrogen-bond acceptors (Lipinski definition) is 6. The van der Waals surface area contributed by atoms with Gasteiger partial charge in [-0.15, -0.1) is 0 Å². The second-order valence-corrected chi connectivity index (χ2v) is 6.66. The number of carbonyl (C=O) groups is 1. The molecule has 4 rings (SSSR count). The molecule has 1 atom stereocenters. The molecule has 25 heavy (non-hydrogen) atoms. The first-order valence-electron chi connectivity index (χ1n) is 8.42. The van der Waals surface area contributed by atoms with Gasteiger partial charge in [0, 0.05) is 37.1 Å². The van der Waals surface area contributed by atoms with Crippen molar-refractivity contribution < 1.29 is 14.3 Å². The van der Waals surface area contributed by atoms with Crippen molar-refractivity contribution in [1.82, 2.24) is 19.9 Å². The summed E-state index contributed by atoms with van der Waals surface area (Å²) < 4.78 is 11.9. The number of pyridine rings is 1. The molecule has 0 radical (unpaired) electrons. The van der Waals surface area contributed by atoms with Gasteiger partial charge in [-0.25, -0.2) is 4.98 Å². The number of aromatic nitrogens is 3. The molecule has 2 aromatic rings. The zero-order valence-corrected chi connectivity index (χ0v) is 14.1. The van der Waals surface area contributed by atoms with Crippen LogP contribution in [0.5, 0.6) is 5.88 Å². The highest BCUT2D eigenvalue weighted by Crippen LogP contribution is 2.36. The molecule has 0 bridgehead atoms. The molecule has 0 aromatic carbocycles. The molecule has 7 nitrogen and oxygen atoms in total. The minimum absolute atomic E-state index is 0.00121. The van der Waals surface area contributed by atoms with E-state index >= 15 is 0 Å². The number of amides is 1. The van der Waals surface area contributed by atoms with Crippen molar-refractivity contribution in [3.8, 4) is 5.88 Å². The summed E-state index contributed by atoms with van der Waals surface area (Å²) in [6.45, 7) is 3.69. The van der Waals surface area contributed by atoms with Crippen LogP contribution < -0.4 is 4.74 Å². The Bertz CT molecular complexity index is 745. The Labute approximate surface area is 146 Å². The van der Waals surface area contributed by atoms with Gasteiger partial charge in [-0.2, -0.15) is 0 Å². The molecule has 1 unspecified atom stereocenters. The molecule has 1 amide bonds. The Morgan fingerprint density at radius 3 is 2.88 bits per heavy atom. The van der Waals surface area contributed by atoms with Gasteiger partial charge in [-0.05, 0) is 19.1 Å². The third kappa shape index (κ3) is 3.32. The van der Waals surface area contributed by atoms with Crippen LogP contribution in [-0.2, 0) is 4.74 Å². The quantitative estimate of drug-likeness (QED) is 0.845. The van der Waals surface area contributed by atoms with Crippen LogP contribution in [0, 0.1) is 6.92 Å². The fourth-order valence-corrected chi connectivity index (χ4v) is 3.39. The molecule has 0 N–H and O–H groups in total. The molecule has 0 saturated carbocycles. The number of hydrogen-bond donors (Lipinski definition) is 0. The zero-order chi connectivity index (χ0) is 17.3. The van der Waals surface area contributed by atoms with Crippen molar-refractivity contribution in [2.24, 2.45) is 0 Å². The van der Waals surface area contributed by atoms with Crippen molar-refractivity contribution in [1.29, 1.82) is 0 Å². The molecule has 2 saturated heterocycles. The molecule has 0 aliphatic carbocycles. The number of aryl methyl sites for hydroxylation is 1. The van der Waals surface area contributed by atoms with Crippen molar-refractivity contribution in [3.63, 3.8) is 0 Å². The van der Waals surface area contributed by atoms with Crippen molar-refractivity contribution >= 4 is 5.91 Å². The van der Waals surface area contributed by atoms with Crippen molar-refractivity contribution in [3.05, 3.63) is 48.2 Å². The van der Waals surface area contributed by atoms with Gasteiger partial charge >= 0.3 is 0 Å². The van der Waals surface area contributed by atoms with Gasteiger partial charge in [0.05, 0.1) is 31.5 Å². The van der Waals surface area contributed by atoms with Gasteiger partial charge in [0.15, 0.2) is 0 Å². The smallest absolute Gasteiger partial charge is 0.255 e. The largest absolute Gasteiger partial charge is 0.473 e. The van der Waals surface area contributed by atoms with Gasteiger partial charge < -0.3 is 14.4 Å². The maximum absolute atomic E-state index is 12.5. The minimum atomic E-state index is -0.307. The summed E-state index contributed by atoms with van der Waals surface area (Å²) in [4.78, 5) is 26.7. The molecule has 2 aliphatic rings. The van der Waals surface area contributed by atoms with Crippen LogP contribution in [0.1, 0.15) is 28.9 Å². The summed E-state index contributed by atoms with van der Waals surface area (Å²) in [6.07, 6.45) is 8.07. The molecule has 1 spiro atoms. The molecule has 7 heteroatoms. The molecule has 2 aliphatic heterocycles. The van der Waals surface area contributed by atoms with E-state index in [0.717, 1.165) is 18.5 Å².